The van der Waals surface area contributed by atoms with E-state index in [1.54, 1.807) is 32.2 Å². The highest BCUT2D eigenvalue weighted by Crippen LogP contribution is 2.21. The molecule has 1 aromatic rings. The highest BCUT2D eigenvalue weighted by atomic mass is 16.5. The van der Waals surface area contributed by atoms with Crippen LogP contribution in [0.1, 0.15) is 33.3 Å². The fourth-order valence-electron chi connectivity index (χ4n) is 1.62. The Morgan fingerprint density at radius 1 is 1.41 bits per heavy atom. The third-order valence-electron chi connectivity index (χ3n) is 2.97. The Morgan fingerprint density at radius 3 is 2.55 bits per heavy atom. The summed E-state index contributed by atoms with van der Waals surface area (Å²) >= 11 is 0. The number of aromatic nitrogens is 1. The minimum absolute atomic E-state index is 0.0675. The van der Waals surface area contributed by atoms with Gasteiger partial charge in [-0.1, -0.05) is 30.4 Å². The van der Waals surface area contributed by atoms with E-state index in [9.17, 15) is 4.79 Å². The van der Waals surface area contributed by atoms with Crippen molar-refractivity contribution in [1.82, 2.24) is 4.98 Å². The molecule has 4 heteroatoms. The molecule has 0 aliphatic carbocycles. The van der Waals surface area contributed by atoms with Crippen LogP contribution in [0, 0.1) is 5.41 Å². The second-order valence-electron chi connectivity index (χ2n) is 5.94. The first kappa shape index (κ1) is 17.7. The van der Waals surface area contributed by atoms with E-state index >= 15 is 0 Å². The average molecular weight is 301 g/mol. The van der Waals surface area contributed by atoms with Gasteiger partial charge < -0.3 is 9.84 Å². The van der Waals surface area contributed by atoms with Crippen molar-refractivity contribution in [2.75, 3.05) is 6.61 Å². The third kappa shape index (κ3) is 5.20. The molecule has 0 amide bonds. The molecule has 0 radical (unpaired) electrons. The van der Waals surface area contributed by atoms with Crippen molar-refractivity contribution in [2.24, 2.45) is 5.41 Å². The van der Waals surface area contributed by atoms with Gasteiger partial charge in [0.15, 0.2) is 0 Å². The highest BCUT2D eigenvalue weighted by Gasteiger charge is 2.28. The average Bonchev–Trinajstić information content (AvgIpc) is 2.45. The molecule has 0 unspecified atom stereocenters. The smallest absolute Gasteiger partial charge is 0.312 e. The number of ether oxygens (including phenoxy) is 1. The number of rotatable bonds is 7. The molecule has 0 atom stereocenters. The monoisotopic (exact) mass is 301 g/mol. The number of hydrogen-bond acceptors (Lipinski definition) is 3. The first-order chi connectivity index (χ1) is 10.3. The highest BCUT2D eigenvalue weighted by molar-refractivity contribution is 5.75. The molecule has 1 aromatic heterocycles. The summed E-state index contributed by atoms with van der Waals surface area (Å²) < 4.78 is 5.46. The summed E-state index contributed by atoms with van der Waals surface area (Å²) in [6.07, 6.45) is 7.40. The third-order valence-corrected chi connectivity index (χ3v) is 2.97. The van der Waals surface area contributed by atoms with E-state index < -0.39 is 11.4 Å². The zero-order valence-corrected chi connectivity index (χ0v) is 13.6. The van der Waals surface area contributed by atoms with E-state index in [-0.39, 0.29) is 6.61 Å². The van der Waals surface area contributed by atoms with Crippen LogP contribution >= 0.6 is 0 Å². The van der Waals surface area contributed by atoms with Gasteiger partial charge in [0.25, 0.3) is 0 Å². The molecule has 0 aliphatic rings. The molecule has 0 spiro atoms. The number of hydrogen-bond donors (Lipinski definition) is 1. The van der Waals surface area contributed by atoms with Crippen molar-refractivity contribution in [3.8, 4) is 5.88 Å². The minimum Gasteiger partial charge on any atom is -0.481 e. The topological polar surface area (TPSA) is 59.4 Å². The molecular formula is C18H23NO3. The van der Waals surface area contributed by atoms with E-state index in [2.05, 4.69) is 11.6 Å². The fraction of sp³-hybridized carbons (Fsp3) is 0.333. The SMILES string of the molecule is C=C/C=C(\C=C(C)C)c1ccc(OCC(C)(C)C(=O)O)nc1. The predicted octanol–water partition coefficient (Wildman–Crippen LogP) is 4.11. The van der Waals surface area contributed by atoms with Crippen LogP contribution in [0.2, 0.25) is 0 Å². The Labute approximate surface area is 131 Å². The van der Waals surface area contributed by atoms with E-state index in [1.807, 2.05) is 32.1 Å². The Morgan fingerprint density at radius 2 is 2.09 bits per heavy atom. The van der Waals surface area contributed by atoms with Gasteiger partial charge in [-0.15, -0.1) is 0 Å². The molecule has 0 saturated carbocycles. The summed E-state index contributed by atoms with van der Waals surface area (Å²) in [7, 11) is 0. The number of nitrogens with zero attached hydrogens (tertiary/aromatic N) is 1. The Bertz CT molecular complexity index is 591. The summed E-state index contributed by atoms with van der Waals surface area (Å²) in [5.41, 5.74) is 2.19. The van der Waals surface area contributed by atoms with Gasteiger partial charge in [0.05, 0.1) is 5.41 Å². The standard InChI is InChI=1S/C18H23NO3/c1-6-7-14(10-13(2)3)15-8-9-16(19-11-15)22-12-18(4,5)17(20)21/h6-11H,1,12H2,2-5H3,(H,20,21)/b14-7+. The summed E-state index contributed by atoms with van der Waals surface area (Å²) in [6, 6.07) is 3.63. The summed E-state index contributed by atoms with van der Waals surface area (Å²) in [5, 5.41) is 9.06. The van der Waals surface area contributed by atoms with Crippen molar-refractivity contribution in [3.63, 3.8) is 0 Å². The largest absolute Gasteiger partial charge is 0.481 e. The minimum atomic E-state index is -0.948. The number of allylic oxidation sites excluding steroid dienone is 5. The molecule has 4 nitrogen and oxygen atoms in total. The van der Waals surface area contributed by atoms with E-state index in [4.69, 9.17) is 9.84 Å². The van der Waals surface area contributed by atoms with Gasteiger partial charge in [-0.05, 0) is 39.3 Å². The van der Waals surface area contributed by atoms with Crippen molar-refractivity contribution in [2.45, 2.75) is 27.7 Å². The number of pyridine rings is 1. The lowest BCUT2D eigenvalue weighted by atomic mass is 9.95. The van der Waals surface area contributed by atoms with Gasteiger partial charge in [-0.3, -0.25) is 4.79 Å². The maximum Gasteiger partial charge on any atom is 0.312 e. The molecule has 0 fully saturated rings. The number of aliphatic carboxylic acids is 1. The van der Waals surface area contributed by atoms with Crippen LogP contribution in [-0.4, -0.2) is 22.7 Å². The molecule has 1 N–H and O–H groups in total. The molecule has 0 aliphatic heterocycles. The van der Waals surface area contributed by atoms with E-state index in [0.29, 0.717) is 5.88 Å². The Hall–Kier alpha value is -2.36. The van der Waals surface area contributed by atoms with Crippen LogP contribution in [-0.2, 0) is 4.79 Å². The molecule has 1 heterocycles. The van der Waals surface area contributed by atoms with E-state index in [0.717, 1.165) is 11.1 Å². The van der Waals surface area contributed by atoms with Crippen LogP contribution in [0.3, 0.4) is 0 Å². The van der Waals surface area contributed by atoms with Gasteiger partial charge in [-0.25, -0.2) is 4.98 Å². The molecule has 0 saturated heterocycles. The molecule has 118 valence electrons. The zero-order valence-electron chi connectivity index (χ0n) is 13.6. The zero-order chi connectivity index (χ0) is 16.8. The Kier molecular flexibility index (Phi) is 6.11. The molecule has 0 aromatic carbocycles. The first-order valence-corrected chi connectivity index (χ1v) is 7.06. The first-order valence-electron chi connectivity index (χ1n) is 7.06. The predicted molar refractivity (Wildman–Crippen MR) is 88.8 cm³/mol. The maximum atomic E-state index is 11.0. The van der Waals surface area contributed by atoms with Crippen molar-refractivity contribution in [1.29, 1.82) is 0 Å². The maximum absolute atomic E-state index is 11.0. The second-order valence-corrected chi connectivity index (χ2v) is 5.94. The van der Waals surface area contributed by atoms with Gasteiger partial charge in [0.2, 0.25) is 5.88 Å². The number of carbonyl (C=O) groups is 1. The van der Waals surface area contributed by atoms with Crippen LogP contribution in [0.4, 0.5) is 0 Å². The Balaban J connectivity index is 2.86. The van der Waals surface area contributed by atoms with Crippen molar-refractivity contribution < 1.29 is 14.6 Å². The van der Waals surface area contributed by atoms with Crippen molar-refractivity contribution in [3.05, 3.63) is 54.3 Å². The van der Waals surface area contributed by atoms with Crippen LogP contribution in [0.5, 0.6) is 5.88 Å². The normalized spacial score (nSPS) is 11.7. The van der Waals surface area contributed by atoms with Crippen LogP contribution < -0.4 is 4.74 Å². The number of carboxylic acid groups (broad SMARTS) is 1. The lowest BCUT2D eigenvalue weighted by Gasteiger charge is -2.19. The summed E-state index contributed by atoms with van der Waals surface area (Å²) in [4.78, 5) is 15.3. The summed E-state index contributed by atoms with van der Waals surface area (Å²) in [6.45, 7) is 11.1. The van der Waals surface area contributed by atoms with Gasteiger partial charge in [0, 0.05) is 17.8 Å². The fourth-order valence-corrected chi connectivity index (χ4v) is 1.62. The van der Waals surface area contributed by atoms with Crippen LogP contribution in [0.25, 0.3) is 5.57 Å². The quantitative estimate of drug-likeness (QED) is 0.770. The molecule has 1 rings (SSSR count). The van der Waals surface area contributed by atoms with Crippen molar-refractivity contribution >= 4 is 11.5 Å². The second kappa shape index (κ2) is 7.59. The van der Waals surface area contributed by atoms with Crippen LogP contribution in [0.15, 0.2) is 48.7 Å². The van der Waals surface area contributed by atoms with E-state index in [1.165, 1.54) is 5.57 Å². The lowest BCUT2D eigenvalue weighted by Crippen LogP contribution is -2.30. The number of carboxylic acids is 1. The van der Waals surface area contributed by atoms with Gasteiger partial charge in [-0.2, -0.15) is 0 Å². The molecular weight excluding hydrogens is 278 g/mol. The lowest BCUT2D eigenvalue weighted by molar-refractivity contribution is -0.148. The van der Waals surface area contributed by atoms with Gasteiger partial charge in [0.1, 0.15) is 6.61 Å². The summed E-state index contributed by atoms with van der Waals surface area (Å²) in [5.74, 6) is -0.489. The molecule has 22 heavy (non-hydrogen) atoms. The molecule has 0 bridgehead atoms. The van der Waals surface area contributed by atoms with Gasteiger partial charge >= 0.3 is 5.97 Å².